The number of anilines is 1. The minimum atomic E-state index is -0.0366. The van der Waals surface area contributed by atoms with Gasteiger partial charge in [0.25, 0.3) is 0 Å². The van der Waals surface area contributed by atoms with Gasteiger partial charge in [-0.05, 0) is 61.6 Å². The fraction of sp³-hybridized carbons (Fsp3) is 0.423. The molecule has 0 radical (unpaired) electrons. The van der Waals surface area contributed by atoms with Gasteiger partial charge < -0.3 is 10.1 Å². The van der Waals surface area contributed by atoms with Crippen molar-refractivity contribution in [2.45, 2.75) is 45.8 Å². The van der Waals surface area contributed by atoms with E-state index in [4.69, 9.17) is 4.74 Å². The highest BCUT2D eigenvalue weighted by Gasteiger charge is 2.46. The van der Waals surface area contributed by atoms with Gasteiger partial charge in [-0.3, -0.25) is 9.69 Å². The fourth-order valence-electron chi connectivity index (χ4n) is 5.04. The van der Waals surface area contributed by atoms with Crippen molar-refractivity contribution in [2.24, 2.45) is 5.41 Å². The third kappa shape index (κ3) is 4.82. The van der Waals surface area contributed by atoms with Gasteiger partial charge in [-0.1, -0.05) is 48.5 Å². The van der Waals surface area contributed by atoms with Crippen LogP contribution < -0.4 is 5.32 Å². The summed E-state index contributed by atoms with van der Waals surface area (Å²) in [5, 5.41) is 2.84. The van der Waals surface area contributed by atoms with Crippen molar-refractivity contribution in [3.05, 3.63) is 77.4 Å². The van der Waals surface area contributed by atoms with Crippen molar-refractivity contribution in [3.63, 3.8) is 0 Å². The third-order valence-corrected chi connectivity index (χ3v) is 6.54. The van der Waals surface area contributed by atoms with Crippen LogP contribution >= 0.6 is 0 Å². The van der Waals surface area contributed by atoms with Gasteiger partial charge in [0.2, 0.25) is 5.91 Å². The summed E-state index contributed by atoms with van der Waals surface area (Å²) < 4.78 is 6.23. The van der Waals surface area contributed by atoms with E-state index in [2.05, 4.69) is 65.7 Å². The number of hydrogen-bond donors (Lipinski definition) is 1. The van der Waals surface area contributed by atoms with Crippen LogP contribution in [0.2, 0.25) is 0 Å². The van der Waals surface area contributed by atoms with Gasteiger partial charge >= 0.3 is 0 Å². The molecule has 2 aromatic rings. The number of amides is 1. The topological polar surface area (TPSA) is 41.6 Å². The van der Waals surface area contributed by atoms with Crippen molar-refractivity contribution in [1.29, 1.82) is 0 Å². The Morgan fingerprint density at radius 2 is 1.90 bits per heavy atom. The Labute approximate surface area is 179 Å². The second kappa shape index (κ2) is 9.15. The molecular weight excluding hydrogens is 372 g/mol. The highest BCUT2D eigenvalue weighted by Crippen LogP contribution is 2.44. The molecule has 2 unspecified atom stereocenters. The first-order valence-corrected chi connectivity index (χ1v) is 11.0. The number of aryl methyl sites for hydroxylation is 1. The number of benzene rings is 2. The van der Waals surface area contributed by atoms with E-state index in [1.165, 1.54) is 30.0 Å². The highest BCUT2D eigenvalue weighted by atomic mass is 16.5. The lowest BCUT2D eigenvalue weighted by Gasteiger charge is -2.36. The minimum Gasteiger partial charge on any atom is -0.369 e. The quantitative estimate of drug-likeness (QED) is 0.673. The van der Waals surface area contributed by atoms with Gasteiger partial charge in [0.1, 0.15) is 0 Å². The van der Waals surface area contributed by atoms with Crippen molar-refractivity contribution >= 4 is 11.6 Å². The lowest BCUT2D eigenvalue weighted by atomic mass is 9.74. The molecule has 1 N–H and O–H groups in total. The van der Waals surface area contributed by atoms with E-state index in [9.17, 15) is 4.79 Å². The molecule has 2 aliphatic heterocycles. The third-order valence-electron chi connectivity index (χ3n) is 6.54. The molecule has 1 amide bonds. The molecule has 2 aromatic carbocycles. The monoisotopic (exact) mass is 404 g/mol. The summed E-state index contributed by atoms with van der Waals surface area (Å²) in [4.78, 5) is 13.8. The molecule has 2 atom stereocenters. The fourth-order valence-corrected chi connectivity index (χ4v) is 5.04. The lowest BCUT2D eigenvalue weighted by molar-refractivity contribution is -0.114. The molecule has 1 fully saturated rings. The molecule has 4 nitrogen and oxygen atoms in total. The number of nitrogens with one attached hydrogen (secondary N) is 1. The molecule has 1 saturated heterocycles. The SMILES string of the molecule is CC(=O)Nc1ccc(CN2CCC(CCc3ccccc3)(C3OCC=C3C)C2)cc1. The number of likely N-dealkylation sites (tertiary alicyclic amines) is 1. The van der Waals surface area contributed by atoms with Crippen molar-refractivity contribution < 1.29 is 9.53 Å². The molecule has 4 rings (SSSR count). The Balaban J connectivity index is 1.44. The second-order valence-corrected chi connectivity index (χ2v) is 8.85. The van der Waals surface area contributed by atoms with E-state index in [1.807, 2.05) is 12.1 Å². The van der Waals surface area contributed by atoms with Gasteiger partial charge in [0, 0.05) is 31.1 Å². The number of rotatable bonds is 7. The maximum atomic E-state index is 11.2. The first-order valence-electron chi connectivity index (χ1n) is 11.0. The predicted octanol–water partition coefficient (Wildman–Crippen LogP) is 4.82. The van der Waals surface area contributed by atoms with Crippen LogP contribution in [0.5, 0.6) is 0 Å². The van der Waals surface area contributed by atoms with Crippen molar-refractivity contribution in [3.8, 4) is 0 Å². The number of nitrogens with zero attached hydrogens (tertiary/aromatic N) is 1. The molecule has 158 valence electrons. The Bertz CT molecular complexity index is 891. The van der Waals surface area contributed by atoms with Gasteiger partial charge in [-0.25, -0.2) is 0 Å². The summed E-state index contributed by atoms with van der Waals surface area (Å²) in [7, 11) is 0. The van der Waals surface area contributed by atoms with Crippen LogP contribution in [0.4, 0.5) is 5.69 Å². The molecule has 0 spiro atoms. The van der Waals surface area contributed by atoms with Crippen LogP contribution in [0, 0.1) is 5.41 Å². The molecule has 2 heterocycles. The van der Waals surface area contributed by atoms with E-state index >= 15 is 0 Å². The molecule has 4 heteroatoms. The maximum Gasteiger partial charge on any atom is 0.221 e. The smallest absolute Gasteiger partial charge is 0.221 e. The number of carbonyl (C=O) groups excluding carboxylic acids is 1. The Hall–Kier alpha value is -2.43. The van der Waals surface area contributed by atoms with Crippen LogP contribution in [0.3, 0.4) is 0 Å². The van der Waals surface area contributed by atoms with Gasteiger partial charge in [-0.2, -0.15) is 0 Å². The number of hydrogen-bond acceptors (Lipinski definition) is 3. The van der Waals surface area contributed by atoms with E-state index < -0.39 is 0 Å². The summed E-state index contributed by atoms with van der Waals surface area (Å²) in [5.41, 5.74) is 5.10. The van der Waals surface area contributed by atoms with Gasteiger partial charge in [0.05, 0.1) is 12.7 Å². The zero-order valence-corrected chi connectivity index (χ0v) is 18.1. The minimum absolute atomic E-state index is 0.0366. The normalized spacial score (nSPS) is 24.1. The highest BCUT2D eigenvalue weighted by molar-refractivity contribution is 5.88. The van der Waals surface area contributed by atoms with E-state index in [0.717, 1.165) is 44.8 Å². The number of ether oxygens (including phenoxy) is 1. The molecule has 0 bridgehead atoms. The van der Waals surface area contributed by atoms with Crippen molar-refractivity contribution in [2.75, 3.05) is 25.0 Å². The average molecular weight is 405 g/mol. The molecule has 30 heavy (non-hydrogen) atoms. The van der Waals surface area contributed by atoms with E-state index in [0.29, 0.717) is 0 Å². The van der Waals surface area contributed by atoms with Crippen LogP contribution in [0.25, 0.3) is 0 Å². The molecule has 0 aliphatic carbocycles. The van der Waals surface area contributed by atoms with Gasteiger partial charge in [0.15, 0.2) is 0 Å². The standard InChI is InChI=1S/C26H32N2O2/c1-20-13-17-30-25(20)26(14-12-22-6-4-3-5-7-22)15-16-28(19-26)18-23-8-10-24(11-9-23)27-21(2)29/h3-11,13,25H,12,14-19H2,1-2H3,(H,27,29). The summed E-state index contributed by atoms with van der Waals surface area (Å²) in [6.07, 6.45) is 5.88. The summed E-state index contributed by atoms with van der Waals surface area (Å²) in [6, 6.07) is 19.0. The molecule has 0 saturated carbocycles. The summed E-state index contributed by atoms with van der Waals surface area (Å²) >= 11 is 0. The lowest BCUT2D eigenvalue weighted by Crippen LogP contribution is -2.39. The number of carbonyl (C=O) groups is 1. The summed E-state index contributed by atoms with van der Waals surface area (Å²) in [6.45, 7) is 7.59. The first kappa shape index (κ1) is 20.8. The van der Waals surface area contributed by atoms with E-state index in [1.54, 1.807) is 0 Å². The zero-order valence-electron chi connectivity index (χ0n) is 18.1. The van der Waals surface area contributed by atoms with E-state index in [-0.39, 0.29) is 17.4 Å². The molecule has 0 aromatic heterocycles. The average Bonchev–Trinajstić information content (AvgIpc) is 3.35. The summed E-state index contributed by atoms with van der Waals surface area (Å²) in [5.74, 6) is -0.0366. The predicted molar refractivity (Wildman–Crippen MR) is 121 cm³/mol. The Morgan fingerprint density at radius 3 is 2.57 bits per heavy atom. The molecular formula is C26H32N2O2. The Morgan fingerprint density at radius 1 is 1.13 bits per heavy atom. The first-order chi connectivity index (χ1) is 14.5. The Kier molecular flexibility index (Phi) is 6.35. The van der Waals surface area contributed by atoms with Crippen LogP contribution in [-0.4, -0.2) is 36.6 Å². The second-order valence-electron chi connectivity index (χ2n) is 8.85. The maximum absolute atomic E-state index is 11.2. The van der Waals surface area contributed by atoms with Crippen molar-refractivity contribution in [1.82, 2.24) is 4.90 Å². The van der Waals surface area contributed by atoms with Crippen LogP contribution in [0.15, 0.2) is 66.2 Å². The van der Waals surface area contributed by atoms with Crippen LogP contribution in [0.1, 0.15) is 37.8 Å². The van der Waals surface area contributed by atoms with Crippen LogP contribution in [-0.2, 0) is 22.5 Å². The molecule has 2 aliphatic rings. The van der Waals surface area contributed by atoms with Gasteiger partial charge in [-0.15, -0.1) is 0 Å². The largest absolute Gasteiger partial charge is 0.369 e. The zero-order chi connectivity index (χ0) is 21.0.